The van der Waals surface area contributed by atoms with Gasteiger partial charge < -0.3 is 14.8 Å². The Morgan fingerprint density at radius 1 is 1.07 bits per heavy atom. The van der Waals surface area contributed by atoms with Gasteiger partial charge in [0.15, 0.2) is 5.69 Å². The van der Waals surface area contributed by atoms with E-state index in [1.807, 2.05) is 6.07 Å². The smallest absolute Gasteiger partial charge is 0.442 e. The van der Waals surface area contributed by atoms with Crippen LogP contribution in [-0.2, 0) is 20.6 Å². The molecule has 1 unspecified atom stereocenters. The van der Waals surface area contributed by atoms with Crippen LogP contribution in [0.25, 0.3) is 0 Å². The highest BCUT2D eigenvalue weighted by Crippen LogP contribution is 2.35. The van der Waals surface area contributed by atoms with Crippen LogP contribution in [-0.4, -0.2) is 38.3 Å². The Kier molecular flexibility index (Phi) is 8.73. The zero-order valence-corrected chi connectivity index (χ0v) is 23.7. The van der Waals surface area contributed by atoms with E-state index in [-0.39, 0.29) is 16.3 Å². The molecule has 10 nitrogen and oxygen atoms in total. The third kappa shape index (κ3) is 7.79. The Morgan fingerprint density at radius 3 is 2.34 bits per heavy atom. The van der Waals surface area contributed by atoms with Gasteiger partial charge in [-0.25, -0.2) is 9.00 Å². The third-order valence-electron chi connectivity index (χ3n) is 5.36. The summed E-state index contributed by atoms with van der Waals surface area (Å²) in [7, 11) is -3.32. The molecule has 1 aromatic heterocycles. The number of rotatable bonds is 5. The van der Waals surface area contributed by atoms with E-state index in [0.29, 0.717) is 11.1 Å². The number of nitrogens with one attached hydrogen (secondary N) is 1. The van der Waals surface area contributed by atoms with Gasteiger partial charge >= 0.3 is 12.3 Å². The van der Waals surface area contributed by atoms with Crippen molar-refractivity contribution in [3.63, 3.8) is 0 Å². The minimum absolute atomic E-state index is 0.0479. The Hall–Kier alpha value is -4.51. The van der Waals surface area contributed by atoms with E-state index in [1.165, 1.54) is 48.7 Å². The number of amides is 2. The van der Waals surface area contributed by atoms with Crippen molar-refractivity contribution in [3.05, 3.63) is 70.4 Å². The largest absolute Gasteiger partial charge is 0.442 e. The molecule has 0 aliphatic rings. The molecule has 0 saturated heterocycles. The van der Waals surface area contributed by atoms with Crippen LogP contribution in [0.2, 0.25) is 0 Å². The highest BCUT2D eigenvalue weighted by atomic mass is 32.2. The molecular formula is C27H26F3N5O5S. The quantitative estimate of drug-likeness (QED) is 0.359. The average Bonchev–Trinajstić information content (AvgIpc) is 2.83. The van der Waals surface area contributed by atoms with E-state index in [0.717, 1.165) is 6.92 Å². The van der Waals surface area contributed by atoms with E-state index in [9.17, 15) is 27.0 Å². The number of benzene rings is 2. The molecule has 0 saturated carbocycles. The predicted molar refractivity (Wildman–Crippen MR) is 143 cm³/mol. The van der Waals surface area contributed by atoms with Crippen molar-refractivity contribution in [2.45, 2.75) is 51.3 Å². The van der Waals surface area contributed by atoms with Crippen LogP contribution < -0.4 is 10.1 Å². The maximum absolute atomic E-state index is 13.6. The van der Waals surface area contributed by atoms with E-state index in [4.69, 9.17) is 14.7 Å². The van der Waals surface area contributed by atoms with Crippen LogP contribution in [0.3, 0.4) is 0 Å². The molecule has 216 valence electrons. The van der Waals surface area contributed by atoms with Gasteiger partial charge in [-0.2, -0.15) is 18.4 Å². The fourth-order valence-electron chi connectivity index (χ4n) is 3.52. The molecule has 0 bridgehead atoms. The van der Waals surface area contributed by atoms with Crippen molar-refractivity contribution < 1.29 is 36.4 Å². The van der Waals surface area contributed by atoms with Gasteiger partial charge in [0, 0.05) is 16.8 Å². The summed E-state index contributed by atoms with van der Waals surface area (Å²) in [5.74, 6) is -1.38. The molecule has 1 atom stereocenters. The Bertz CT molecular complexity index is 1680. The first-order valence-electron chi connectivity index (χ1n) is 11.9. The first-order chi connectivity index (χ1) is 18.9. The van der Waals surface area contributed by atoms with Crippen molar-refractivity contribution in [3.8, 4) is 17.7 Å². The average molecular weight is 590 g/mol. The van der Waals surface area contributed by atoms with Crippen molar-refractivity contribution in [2.24, 2.45) is 4.36 Å². The van der Waals surface area contributed by atoms with E-state index >= 15 is 0 Å². The van der Waals surface area contributed by atoms with E-state index in [1.54, 1.807) is 27.7 Å². The Morgan fingerprint density at radius 2 is 1.76 bits per heavy atom. The highest BCUT2D eigenvalue weighted by Gasteiger charge is 2.38. The van der Waals surface area contributed by atoms with Gasteiger partial charge in [0.05, 0.1) is 21.4 Å². The van der Waals surface area contributed by atoms with E-state index < -0.39 is 56.2 Å². The lowest BCUT2D eigenvalue weighted by Gasteiger charge is -2.18. The van der Waals surface area contributed by atoms with Gasteiger partial charge in [-0.3, -0.25) is 4.79 Å². The number of nitriles is 1. The van der Waals surface area contributed by atoms with Crippen LogP contribution in [0.5, 0.6) is 11.6 Å². The molecule has 41 heavy (non-hydrogen) atoms. The minimum Gasteiger partial charge on any atom is -0.442 e. The van der Waals surface area contributed by atoms with Crippen LogP contribution in [0.4, 0.5) is 23.7 Å². The lowest BCUT2D eigenvalue weighted by Crippen LogP contribution is -2.22. The molecule has 2 aromatic carbocycles. The Balaban J connectivity index is 2.03. The summed E-state index contributed by atoms with van der Waals surface area (Å²) in [6, 6.07) is 11.8. The molecule has 3 rings (SSSR count). The van der Waals surface area contributed by atoms with E-state index in [2.05, 4.69) is 19.9 Å². The standard InChI is InChI=1S/C27H26F3N5O5S/c1-15-12-17(14-31)10-11-20(15)39-24-21(16(2)22(33-34-24)27(28,29)30)23(36)32-18-8-7-9-19(13-18)41(6,38)35-25(37)40-26(3,4)5/h7-13H,1-6H3,(H,32,36). The van der Waals surface area contributed by atoms with Gasteiger partial charge in [0.25, 0.3) is 11.8 Å². The topological polar surface area (TPSA) is 144 Å². The first kappa shape index (κ1) is 31.0. The van der Waals surface area contributed by atoms with Gasteiger partial charge in [-0.05, 0) is 82.1 Å². The van der Waals surface area contributed by atoms with Crippen LogP contribution in [0.1, 0.15) is 53.5 Å². The SMILES string of the molecule is Cc1cc(C#N)ccc1Oc1nnc(C(F)(F)F)c(C)c1C(=O)Nc1cccc(S(C)(=O)=NC(=O)OC(C)(C)C)c1. The summed E-state index contributed by atoms with van der Waals surface area (Å²) in [6.45, 7) is 7.52. The van der Waals surface area contributed by atoms with Crippen molar-refractivity contribution in [2.75, 3.05) is 11.6 Å². The van der Waals surface area contributed by atoms with Crippen LogP contribution >= 0.6 is 0 Å². The molecule has 0 fully saturated rings. The van der Waals surface area contributed by atoms with Crippen LogP contribution in [0, 0.1) is 25.2 Å². The molecule has 0 aliphatic carbocycles. The molecular weight excluding hydrogens is 563 g/mol. The number of carbonyl (C=O) groups is 2. The van der Waals surface area contributed by atoms with Crippen molar-refractivity contribution >= 4 is 27.4 Å². The van der Waals surface area contributed by atoms with Crippen LogP contribution in [0.15, 0.2) is 51.7 Å². The number of aryl methyl sites for hydroxylation is 1. The maximum atomic E-state index is 13.6. The van der Waals surface area contributed by atoms with Gasteiger partial charge in [0.1, 0.15) is 16.9 Å². The zero-order chi connectivity index (χ0) is 30.8. The number of alkyl halides is 3. The molecule has 0 spiro atoms. The molecule has 1 N–H and O–H groups in total. The summed E-state index contributed by atoms with van der Waals surface area (Å²) in [5, 5.41) is 18.3. The summed E-state index contributed by atoms with van der Waals surface area (Å²) in [5.41, 5.74) is -2.49. The third-order valence-corrected chi connectivity index (χ3v) is 6.99. The lowest BCUT2D eigenvalue weighted by atomic mass is 10.1. The zero-order valence-electron chi connectivity index (χ0n) is 22.9. The van der Waals surface area contributed by atoms with Crippen molar-refractivity contribution in [1.29, 1.82) is 5.26 Å². The van der Waals surface area contributed by atoms with Crippen molar-refractivity contribution in [1.82, 2.24) is 10.2 Å². The second-order valence-electron chi connectivity index (χ2n) is 9.90. The second-order valence-corrected chi connectivity index (χ2v) is 12.2. The Labute approximate surface area is 234 Å². The van der Waals surface area contributed by atoms with Gasteiger partial charge in [0.2, 0.25) is 0 Å². The number of ether oxygens (including phenoxy) is 2. The number of hydrogen-bond acceptors (Lipinski definition) is 8. The second kappa shape index (κ2) is 11.5. The number of aromatic nitrogens is 2. The monoisotopic (exact) mass is 589 g/mol. The predicted octanol–water partition coefficient (Wildman–Crippen LogP) is 6.42. The minimum atomic E-state index is -4.91. The maximum Gasteiger partial charge on any atom is 0.442 e. The normalized spacial score (nSPS) is 13.0. The molecule has 3 aromatic rings. The fraction of sp³-hybridized carbons (Fsp3) is 0.296. The molecule has 0 radical (unpaired) electrons. The fourth-order valence-corrected chi connectivity index (χ4v) is 4.63. The number of carbonyl (C=O) groups excluding carboxylic acids is 2. The molecule has 2 amide bonds. The first-order valence-corrected chi connectivity index (χ1v) is 13.8. The number of anilines is 1. The van der Waals surface area contributed by atoms with Gasteiger partial charge in [-0.15, -0.1) is 14.6 Å². The molecule has 1 heterocycles. The molecule has 0 aliphatic heterocycles. The summed E-state index contributed by atoms with van der Waals surface area (Å²) < 4.78 is 68.5. The number of hydrogen-bond donors (Lipinski definition) is 1. The summed E-state index contributed by atoms with van der Waals surface area (Å²) in [6.07, 6.45) is -4.75. The number of halogens is 3. The lowest BCUT2D eigenvalue weighted by molar-refractivity contribution is -0.142. The number of nitrogens with zero attached hydrogens (tertiary/aromatic N) is 4. The van der Waals surface area contributed by atoms with Gasteiger partial charge in [-0.1, -0.05) is 6.07 Å². The summed E-state index contributed by atoms with van der Waals surface area (Å²) in [4.78, 5) is 25.5. The molecule has 14 heteroatoms. The summed E-state index contributed by atoms with van der Waals surface area (Å²) >= 11 is 0. The highest BCUT2D eigenvalue weighted by molar-refractivity contribution is 7.93.